The SMILES string of the molecule is CCOC(=O)C1CCN(C(=O)OC(C)(C)C)CC1c1ccc(Cl)c(Cl)c1. The minimum atomic E-state index is -0.575. The van der Waals surface area contributed by atoms with E-state index >= 15 is 0 Å². The van der Waals surface area contributed by atoms with E-state index in [1.165, 1.54) is 0 Å². The number of likely N-dealkylation sites (tertiary alicyclic amines) is 1. The van der Waals surface area contributed by atoms with Crippen LogP contribution < -0.4 is 0 Å². The van der Waals surface area contributed by atoms with E-state index in [2.05, 4.69) is 0 Å². The van der Waals surface area contributed by atoms with Crippen LogP contribution in [0.15, 0.2) is 18.2 Å². The zero-order valence-electron chi connectivity index (χ0n) is 15.6. The third-order valence-electron chi connectivity index (χ3n) is 4.23. The summed E-state index contributed by atoms with van der Waals surface area (Å²) >= 11 is 12.2. The van der Waals surface area contributed by atoms with Gasteiger partial charge >= 0.3 is 12.1 Å². The van der Waals surface area contributed by atoms with Gasteiger partial charge in [-0.05, 0) is 51.8 Å². The highest BCUT2D eigenvalue weighted by molar-refractivity contribution is 6.42. The van der Waals surface area contributed by atoms with Crippen molar-refractivity contribution in [1.82, 2.24) is 4.90 Å². The molecule has 1 amide bonds. The van der Waals surface area contributed by atoms with Gasteiger partial charge in [-0.3, -0.25) is 4.79 Å². The average Bonchev–Trinajstić information content (AvgIpc) is 2.55. The van der Waals surface area contributed by atoms with Crippen LogP contribution in [0.3, 0.4) is 0 Å². The number of halogens is 2. The van der Waals surface area contributed by atoms with Crippen molar-refractivity contribution in [2.24, 2.45) is 5.92 Å². The number of ether oxygens (including phenoxy) is 2. The highest BCUT2D eigenvalue weighted by atomic mass is 35.5. The number of nitrogens with zero attached hydrogens (tertiary/aromatic N) is 1. The van der Waals surface area contributed by atoms with Gasteiger partial charge in [0.1, 0.15) is 5.60 Å². The van der Waals surface area contributed by atoms with Crippen LogP contribution in [0.4, 0.5) is 4.79 Å². The topological polar surface area (TPSA) is 55.8 Å². The van der Waals surface area contributed by atoms with Crippen molar-refractivity contribution in [3.63, 3.8) is 0 Å². The largest absolute Gasteiger partial charge is 0.466 e. The molecule has 5 nitrogen and oxygen atoms in total. The number of hydrogen-bond acceptors (Lipinski definition) is 4. The highest BCUT2D eigenvalue weighted by Gasteiger charge is 2.39. The molecule has 144 valence electrons. The molecule has 7 heteroatoms. The van der Waals surface area contributed by atoms with Crippen LogP contribution in [0, 0.1) is 5.92 Å². The molecule has 1 fully saturated rings. The monoisotopic (exact) mass is 401 g/mol. The van der Waals surface area contributed by atoms with Crippen LogP contribution >= 0.6 is 23.2 Å². The van der Waals surface area contributed by atoms with Crippen LogP contribution in [0.1, 0.15) is 45.6 Å². The Morgan fingerprint density at radius 2 is 1.92 bits per heavy atom. The lowest BCUT2D eigenvalue weighted by atomic mass is 9.81. The third kappa shape index (κ3) is 5.27. The van der Waals surface area contributed by atoms with Crippen molar-refractivity contribution in [3.8, 4) is 0 Å². The van der Waals surface area contributed by atoms with Gasteiger partial charge in [0.25, 0.3) is 0 Å². The molecule has 0 aliphatic carbocycles. The molecule has 26 heavy (non-hydrogen) atoms. The Morgan fingerprint density at radius 1 is 1.23 bits per heavy atom. The lowest BCUT2D eigenvalue weighted by molar-refractivity contribution is -0.150. The lowest BCUT2D eigenvalue weighted by Gasteiger charge is -2.38. The molecule has 1 aromatic carbocycles. The van der Waals surface area contributed by atoms with Crippen LogP contribution in [-0.2, 0) is 14.3 Å². The average molecular weight is 402 g/mol. The van der Waals surface area contributed by atoms with Crippen molar-refractivity contribution in [2.75, 3.05) is 19.7 Å². The summed E-state index contributed by atoms with van der Waals surface area (Å²) in [5.41, 5.74) is 0.277. The Balaban J connectivity index is 2.27. The van der Waals surface area contributed by atoms with E-state index < -0.39 is 5.60 Å². The van der Waals surface area contributed by atoms with Crippen LogP contribution in [0.5, 0.6) is 0 Å². The molecule has 2 rings (SSSR count). The first-order valence-corrected chi connectivity index (χ1v) is 9.47. The fourth-order valence-corrected chi connectivity index (χ4v) is 3.36. The molecule has 0 N–H and O–H groups in total. The molecule has 2 atom stereocenters. The maximum Gasteiger partial charge on any atom is 0.410 e. The summed E-state index contributed by atoms with van der Waals surface area (Å²) in [5, 5.41) is 0.865. The zero-order chi connectivity index (χ0) is 19.5. The second-order valence-corrected chi connectivity index (χ2v) is 8.17. The minimum absolute atomic E-state index is 0.231. The molecule has 1 aliphatic heterocycles. The number of amides is 1. The van der Waals surface area contributed by atoms with E-state index in [1.54, 1.807) is 24.0 Å². The highest BCUT2D eigenvalue weighted by Crippen LogP contribution is 2.36. The summed E-state index contributed by atoms with van der Waals surface area (Å²) in [6, 6.07) is 5.29. The van der Waals surface area contributed by atoms with Crippen molar-refractivity contribution in [3.05, 3.63) is 33.8 Å². The molecular weight excluding hydrogens is 377 g/mol. The Bertz CT molecular complexity index is 672. The van der Waals surface area contributed by atoms with Gasteiger partial charge in [0.15, 0.2) is 0 Å². The molecule has 2 unspecified atom stereocenters. The predicted octanol–water partition coefficient (Wildman–Crippen LogP) is 4.90. The molecule has 0 saturated carbocycles. The van der Waals surface area contributed by atoms with Gasteiger partial charge in [-0.1, -0.05) is 29.3 Å². The Hall–Kier alpha value is -1.46. The Labute approximate surface area is 164 Å². The van der Waals surface area contributed by atoms with E-state index in [0.29, 0.717) is 36.2 Å². The number of rotatable bonds is 3. The van der Waals surface area contributed by atoms with Crippen LogP contribution in [0.25, 0.3) is 0 Å². The van der Waals surface area contributed by atoms with Crippen molar-refractivity contribution in [1.29, 1.82) is 0 Å². The zero-order valence-corrected chi connectivity index (χ0v) is 17.1. The molecule has 0 aromatic heterocycles. The van der Waals surface area contributed by atoms with Crippen LogP contribution in [0.2, 0.25) is 10.0 Å². The number of carbonyl (C=O) groups is 2. The van der Waals surface area contributed by atoms with Gasteiger partial charge in [0.2, 0.25) is 0 Å². The van der Waals surface area contributed by atoms with E-state index in [-0.39, 0.29) is 23.9 Å². The molecule has 1 aromatic rings. The standard InChI is InChI=1S/C19H25Cl2NO4/c1-5-25-17(23)13-8-9-22(18(24)26-19(2,3)4)11-14(13)12-6-7-15(20)16(21)10-12/h6-7,10,13-14H,5,8-9,11H2,1-4H3. The summed E-state index contributed by atoms with van der Waals surface area (Å²) in [6.45, 7) is 8.37. The third-order valence-corrected chi connectivity index (χ3v) is 4.96. The molecular formula is C19H25Cl2NO4. The van der Waals surface area contributed by atoms with Gasteiger partial charge in [0.05, 0.1) is 22.6 Å². The number of hydrogen-bond donors (Lipinski definition) is 0. The quantitative estimate of drug-likeness (QED) is 0.675. The minimum Gasteiger partial charge on any atom is -0.466 e. The first-order chi connectivity index (χ1) is 12.1. The maximum atomic E-state index is 12.5. The molecule has 1 saturated heterocycles. The number of piperidine rings is 1. The van der Waals surface area contributed by atoms with E-state index in [0.717, 1.165) is 5.56 Å². The van der Waals surface area contributed by atoms with Gasteiger partial charge < -0.3 is 14.4 Å². The molecule has 1 heterocycles. The van der Waals surface area contributed by atoms with Gasteiger partial charge in [-0.15, -0.1) is 0 Å². The summed E-state index contributed by atoms with van der Waals surface area (Å²) in [4.78, 5) is 26.5. The number of esters is 1. The smallest absolute Gasteiger partial charge is 0.410 e. The van der Waals surface area contributed by atoms with Gasteiger partial charge in [-0.2, -0.15) is 0 Å². The lowest BCUT2D eigenvalue weighted by Crippen LogP contribution is -2.47. The second-order valence-electron chi connectivity index (χ2n) is 7.35. The van der Waals surface area contributed by atoms with E-state index in [4.69, 9.17) is 32.7 Å². The first kappa shape index (κ1) is 20.8. The number of carbonyl (C=O) groups excluding carboxylic acids is 2. The molecule has 1 aliphatic rings. The predicted molar refractivity (Wildman–Crippen MR) is 102 cm³/mol. The van der Waals surface area contributed by atoms with E-state index in [9.17, 15) is 9.59 Å². The maximum absolute atomic E-state index is 12.5. The summed E-state index contributed by atoms with van der Waals surface area (Å²) in [6.07, 6.45) is 0.119. The molecule has 0 spiro atoms. The number of benzene rings is 1. The van der Waals surface area contributed by atoms with Crippen molar-refractivity contribution in [2.45, 2.75) is 45.6 Å². The molecule has 0 radical (unpaired) electrons. The van der Waals surface area contributed by atoms with Gasteiger partial charge in [0, 0.05) is 19.0 Å². The normalized spacial score (nSPS) is 20.6. The summed E-state index contributed by atoms with van der Waals surface area (Å²) in [7, 11) is 0. The fraction of sp³-hybridized carbons (Fsp3) is 0.579. The fourth-order valence-electron chi connectivity index (χ4n) is 3.06. The Kier molecular flexibility index (Phi) is 6.80. The van der Waals surface area contributed by atoms with Crippen molar-refractivity contribution >= 4 is 35.3 Å². The Morgan fingerprint density at radius 3 is 2.50 bits per heavy atom. The first-order valence-electron chi connectivity index (χ1n) is 8.72. The summed E-state index contributed by atoms with van der Waals surface area (Å²) in [5.74, 6) is -0.830. The summed E-state index contributed by atoms with van der Waals surface area (Å²) < 4.78 is 10.7. The van der Waals surface area contributed by atoms with E-state index in [1.807, 2.05) is 26.8 Å². The van der Waals surface area contributed by atoms with Crippen LogP contribution in [-0.4, -0.2) is 42.3 Å². The second kappa shape index (κ2) is 8.49. The van der Waals surface area contributed by atoms with Gasteiger partial charge in [-0.25, -0.2) is 4.79 Å². The van der Waals surface area contributed by atoms with Crippen molar-refractivity contribution < 1.29 is 19.1 Å². The molecule has 0 bridgehead atoms.